The average molecular weight is 314 g/mol. The van der Waals surface area contributed by atoms with Crippen molar-refractivity contribution in [1.82, 2.24) is 19.6 Å². The standard InChI is InChI=1S/C17H22N4O2/c1-12-4-3-5-16-19-15(8-17(23)21(12)16)11-20-7-6-14(10-20)9-18-13(2)22/h3-5,8,14H,6-7,9-11H2,1-2H3,(H,18,22). The van der Waals surface area contributed by atoms with E-state index >= 15 is 0 Å². The molecule has 1 aliphatic heterocycles. The van der Waals surface area contributed by atoms with Crippen molar-refractivity contribution < 1.29 is 4.79 Å². The van der Waals surface area contributed by atoms with E-state index in [1.165, 1.54) is 0 Å². The fourth-order valence-corrected chi connectivity index (χ4v) is 3.18. The van der Waals surface area contributed by atoms with Crippen molar-refractivity contribution >= 4 is 11.6 Å². The van der Waals surface area contributed by atoms with Crippen LogP contribution in [0.2, 0.25) is 0 Å². The molecule has 1 saturated heterocycles. The minimum atomic E-state index is -0.0305. The topological polar surface area (TPSA) is 66.7 Å². The molecule has 2 aromatic rings. The summed E-state index contributed by atoms with van der Waals surface area (Å²) in [5, 5.41) is 2.88. The van der Waals surface area contributed by atoms with Crippen molar-refractivity contribution in [3.05, 3.63) is 46.0 Å². The second kappa shape index (κ2) is 6.50. The number of hydrogen-bond donors (Lipinski definition) is 1. The lowest BCUT2D eigenvalue weighted by Crippen LogP contribution is -2.29. The number of aromatic nitrogens is 2. The number of carbonyl (C=O) groups excluding carboxylic acids is 1. The summed E-state index contributed by atoms with van der Waals surface area (Å²) in [4.78, 5) is 30.2. The van der Waals surface area contributed by atoms with Gasteiger partial charge in [0.1, 0.15) is 5.65 Å². The number of likely N-dealkylation sites (tertiary alicyclic amines) is 1. The molecular weight excluding hydrogens is 292 g/mol. The number of nitrogens with one attached hydrogen (secondary N) is 1. The Morgan fingerprint density at radius 2 is 2.26 bits per heavy atom. The maximum atomic E-state index is 12.3. The molecule has 0 aromatic carbocycles. The summed E-state index contributed by atoms with van der Waals surface area (Å²) in [6.07, 6.45) is 1.06. The Labute approximate surface area is 135 Å². The third-order valence-electron chi connectivity index (χ3n) is 4.33. The van der Waals surface area contributed by atoms with Gasteiger partial charge in [-0.1, -0.05) is 6.07 Å². The molecule has 0 spiro atoms. The van der Waals surface area contributed by atoms with Crippen molar-refractivity contribution in [2.24, 2.45) is 5.92 Å². The molecule has 0 aliphatic carbocycles. The van der Waals surface area contributed by atoms with Crippen LogP contribution in [-0.4, -0.2) is 39.8 Å². The van der Waals surface area contributed by atoms with Gasteiger partial charge >= 0.3 is 0 Å². The van der Waals surface area contributed by atoms with Gasteiger partial charge in [0.05, 0.1) is 5.69 Å². The average Bonchev–Trinajstić information content (AvgIpc) is 2.92. The lowest BCUT2D eigenvalue weighted by molar-refractivity contribution is -0.119. The molecular formula is C17H22N4O2. The van der Waals surface area contributed by atoms with Crippen molar-refractivity contribution in [3.63, 3.8) is 0 Å². The Morgan fingerprint density at radius 1 is 1.43 bits per heavy atom. The molecule has 1 atom stereocenters. The molecule has 3 heterocycles. The highest BCUT2D eigenvalue weighted by Gasteiger charge is 2.23. The molecule has 1 unspecified atom stereocenters. The van der Waals surface area contributed by atoms with Crippen molar-refractivity contribution in [3.8, 4) is 0 Å². The van der Waals surface area contributed by atoms with Crippen LogP contribution >= 0.6 is 0 Å². The number of nitrogens with zero attached hydrogens (tertiary/aromatic N) is 3. The number of rotatable bonds is 4. The summed E-state index contributed by atoms with van der Waals surface area (Å²) in [7, 11) is 0. The van der Waals surface area contributed by atoms with Crippen molar-refractivity contribution in [2.45, 2.75) is 26.8 Å². The van der Waals surface area contributed by atoms with Crippen LogP contribution in [0.1, 0.15) is 24.7 Å². The minimum absolute atomic E-state index is 0.0167. The van der Waals surface area contributed by atoms with Gasteiger partial charge in [-0.2, -0.15) is 0 Å². The third-order valence-corrected chi connectivity index (χ3v) is 4.33. The Morgan fingerprint density at radius 3 is 3.04 bits per heavy atom. The van der Waals surface area contributed by atoms with E-state index in [1.807, 2.05) is 25.1 Å². The number of pyridine rings is 1. The van der Waals surface area contributed by atoms with E-state index in [-0.39, 0.29) is 11.5 Å². The van der Waals surface area contributed by atoms with E-state index in [0.29, 0.717) is 18.1 Å². The van der Waals surface area contributed by atoms with Gasteiger partial charge < -0.3 is 5.32 Å². The fraction of sp³-hybridized carbons (Fsp3) is 0.471. The van der Waals surface area contributed by atoms with Crippen molar-refractivity contribution in [2.75, 3.05) is 19.6 Å². The van der Waals surface area contributed by atoms with E-state index < -0.39 is 0 Å². The first kappa shape index (κ1) is 15.7. The van der Waals surface area contributed by atoms with E-state index in [1.54, 1.807) is 17.4 Å². The first-order chi connectivity index (χ1) is 11.0. The van der Waals surface area contributed by atoms with E-state index in [2.05, 4.69) is 15.2 Å². The Hall–Kier alpha value is -2.21. The highest BCUT2D eigenvalue weighted by molar-refractivity contribution is 5.72. The summed E-state index contributed by atoms with van der Waals surface area (Å²) in [5.41, 5.74) is 2.36. The van der Waals surface area contributed by atoms with E-state index in [0.717, 1.165) is 37.4 Å². The zero-order chi connectivity index (χ0) is 16.4. The fourth-order valence-electron chi connectivity index (χ4n) is 3.18. The van der Waals surface area contributed by atoms with Gasteiger partial charge in [-0.05, 0) is 37.9 Å². The first-order valence-corrected chi connectivity index (χ1v) is 7.98. The highest BCUT2D eigenvalue weighted by Crippen LogP contribution is 2.17. The number of aryl methyl sites for hydroxylation is 1. The molecule has 2 aromatic heterocycles. The number of hydrogen-bond acceptors (Lipinski definition) is 4. The number of carbonyl (C=O) groups is 1. The molecule has 0 radical (unpaired) electrons. The van der Waals surface area contributed by atoms with Gasteiger partial charge in [0.25, 0.3) is 5.56 Å². The highest BCUT2D eigenvalue weighted by atomic mass is 16.1. The van der Waals surface area contributed by atoms with E-state index in [4.69, 9.17) is 0 Å². The zero-order valence-corrected chi connectivity index (χ0v) is 13.6. The lowest BCUT2D eigenvalue weighted by atomic mass is 10.1. The van der Waals surface area contributed by atoms with Crippen molar-refractivity contribution in [1.29, 1.82) is 0 Å². The summed E-state index contributed by atoms with van der Waals surface area (Å²) >= 11 is 0. The SMILES string of the molecule is CC(=O)NCC1CCN(Cc2cc(=O)n3c(C)cccc3n2)C1. The van der Waals surface area contributed by atoms with Crippen LogP contribution in [0.15, 0.2) is 29.1 Å². The van der Waals surface area contributed by atoms with Crippen LogP contribution in [0.3, 0.4) is 0 Å². The van der Waals surface area contributed by atoms with Crippen LogP contribution in [0.5, 0.6) is 0 Å². The summed E-state index contributed by atoms with van der Waals surface area (Å²) in [6, 6.07) is 7.31. The zero-order valence-electron chi connectivity index (χ0n) is 13.6. The van der Waals surface area contributed by atoms with E-state index in [9.17, 15) is 9.59 Å². The molecule has 0 bridgehead atoms. The Kier molecular flexibility index (Phi) is 4.43. The molecule has 1 aliphatic rings. The molecule has 1 N–H and O–H groups in total. The smallest absolute Gasteiger partial charge is 0.258 e. The maximum absolute atomic E-state index is 12.3. The molecule has 23 heavy (non-hydrogen) atoms. The molecule has 6 heteroatoms. The molecule has 122 valence electrons. The summed E-state index contributed by atoms with van der Waals surface area (Å²) in [5.74, 6) is 0.491. The van der Waals surface area contributed by atoms with Crippen LogP contribution in [0.25, 0.3) is 5.65 Å². The monoisotopic (exact) mass is 314 g/mol. The predicted octanol–water partition coefficient (Wildman–Crippen LogP) is 0.961. The molecule has 1 amide bonds. The molecule has 6 nitrogen and oxygen atoms in total. The molecule has 1 fully saturated rings. The maximum Gasteiger partial charge on any atom is 0.258 e. The van der Waals surface area contributed by atoms with Crippen LogP contribution < -0.4 is 10.9 Å². The Bertz CT molecular complexity index is 784. The quantitative estimate of drug-likeness (QED) is 0.913. The lowest BCUT2D eigenvalue weighted by Gasteiger charge is -2.16. The van der Waals surface area contributed by atoms with Crippen LogP contribution in [-0.2, 0) is 11.3 Å². The van der Waals surface area contributed by atoms with Gasteiger partial charge in [-0.3, -0.25) is 18.9 Å². The minimum Gasteiger partial charge on any atom is -0.356 e. The Balaban J connectivity index is 1.71. The van der Waals surface area contributed by atoms with Gasteiger partial charge in [-0.25, -0.2) is 4.98 Å². The van der Waals surface area contributed by atoms with Gasteiger partial charge in [0, 0.05) is 38.3 Å². The van der Waals surface area contributed by atoms with Crippen LogP contribution in [0.4, 0.5) is 0 Å². The third kappa shape index (κ3) is 3.59. The number of fused-ring (bicyclic) bond motifs is 1. The van der Waals surface area contributed by atoms with Crippen LogP contribution in [0, 0.1) is 12.8 Å². The summed E-state index contributed by atoms with van der Waals surface area (Å²) in [6.45, 7) is 6.74. The molecule has 0 saturated carbocycles. The normalized spacial score (nSPS) is 18.4. The van der Waals surface area contributed by atoms with Gasteiger partial charge in [0.2, 0.25) is 5.91 Å². The first-order valence-electron chi connectivity index (χ1n) is 7.98. The largest absolute Gasteiger partial charge is 0.356 e. The predicted molar refractivity (Wildman–Crippen MR) is 88.3 cm³/mol. The number of amides is 1. The summed E-state index contributed by atoms with van der Waals surface area (Å²) < 4.78 is 1.63. The second-order valence-corrected chi connectivity index (χ2v) is 6.27. The molecule has 3 rings (SSSR count). The second-order valence-electron chi connectivity index (χ2n) is 6.27. The van der Waals surface area contributed by atoms with Gasteiger partial charge in [0.15, 0.2) is 0 Å². The van der Waals surface area contributed by atoms with Gasteiger partial charge in [-0.15, -0.1) is 0 Å².